The van der Waals surface area contributed by atoms with Crippen molar-refractivity contribution in [3.8, 4) is 17.5 Å². The minimum atomic E-state index is -1.65. The molecule has 10 nitrogen and oxygen atoms in total. The number of rotatable bonds is 7. The number of alkyl halides is 1. The van der Waals surface area contributed by atoms with Crippen molar-refractivity contribution >= 4 is 28.4 Å². The third kappa shape index (κ3) is 4.82. The number of hydrogen-bond acceptors (Lipinski definition) is 7. The van der Waals surface area contributed by atoms with Crippen molar-refractivity contribution in [2.45, 2.75) is 25.6 Å². The summed E-state index contributed by atoms with van der Waals surface area (Å²) in [5.41, 5.74) is 2.76. The average Bonchev–Trinajstić information content (AvgIpc) is 3.52. The van der Waals surface area contributed by atoms with E-state index in [0.717, 1.165) is 5.52 Å². The molecule has 0 spiro atoms. The van der Waals surface area contributed by atoms with Crippen LogP contribution in [0, 0.1) is 11.3 Å². The molecule has 37 heavy (non-hydrogen) atoms. The maximum atomic E-state index is 14.3. The fourth-order valence-electron chi connectivity index (χ4n) is 3.80. The van der Waals surface area contributed by atoms with E-state index in [1.165, 1.54) is 26.2 Å². The Hall–Kier alpha value is -4.82. The van der Waals surface area contributed by atoms with Crippen molar-refractivity contribution < 1.29 is 14.3 Å². The molecule has 0 saturated heterocycles. The number of nitrogens with one attached hydrogen (secondary N) is 2. The first-order valence-electron chi connectivity index (χ1n) is 11.5. The van der Waals surface area contributed by atoms with Crippen LogP contribution in [0.2, 0.25) is 0 Å². The number of imidazole rings is 1. The Morgan fingerprint density at radius 2 is 2.03 bits per heavy atom. The number of halogens is 1. The van der Waals surface area contributed by atoms with Crippen molar-refractivity contribution in [2.24, 2.45) is 0 Å². The van der Waals surface area contributed by atoms with Gasteiger partial charge in [0.1, 0.15) is 17.9 Å². The lowest BCUT2D eigenvalue weighted by molar-refractivity contribution is -0.00177. The molecule has 0 saturated carbocycles. The summed E-state index contributed by atoms with van der Waals surface area (Å²) < 4.78 is 17.8. The Morgan fingerprint density at radius 1 is 1.19 bits per heavy atom. The molecule has 0 unspecified atom stereocenters. The molecule has 186 valence electrons. The van der Waals surface area contributed by atoms with Gasteiger partial charge < -0.3 is 20.1 Å². The summed E-state index contributed by atoms with van der Waals surface area (Å²) in [5.74, 6) is -0.549. The van der Waals surface area contributed by atoms with Crippen LogP contribution in [0.15, 0.2) is 67.4 Å². The molecule has 5 aromatic heterocycles. The third-order valence-corrected chi connectivity index (χ3v) is 5.93. The molecule has 3 N–H and O–H groups in total. The van der Waals surface area contributed by atoms with E-state index in [2.05, 4.69) is 31.8 Å². The number of anilines is 2. The lowest BCUT2D eigenvalue weighted by Crippen LogP contribution is -2.42. The highest BCUT2D eigenvalue weighted by molar-refractivity contribution is 6.00. The number of amides is 1. The van der Waals surface area contributed by atoms with Crippen LogP contribution in [-0.2, 0) is 0 Å². The number of fused-ring (bicyclic) bond motifs is 2. The summed E-state index contributed by atoms with van der Waals surface area (Å²) >= 11 is 0. The zero-order valence-electron chi connectivity index (χ0n) is 20.1. The maximum Gasteiger partial charge on any atom is 0.255 e. The molecule has 1 atom stereocenters. The first-order valence-corrected chi connectivity index (χ1v) is 11.5. The van der Waals surface area contributed by atoms with Crippen LogP contribution in [0.3, 0.4) is 0 Å². The molecular formula is C26H23FN8O2. The number of aliphatic hydroxyl groups is 1. The minimum Gasteiger partial charge on any atom is -0.387 e. The molecule has 0 bridgehead atoms. The number of hydrogen-bond donors (Lipinski definition) is 3. The Labute approximate surface area is 211 Å². The van der Waals surface area contributed by atoms with Gasteiger partial charge in [-0.3, -0.25) is 9.78 Å². The predicted molar refractivity (Wildman–Crippen MR) is 135 cm³/mol. The molecule has 0 aliphatic carbocycles. The second-order valence-corrected chi connectivity index (χ2v) is 9.09. The Bertz CT molecular complexity index is 1660. The van der Waals surface area contributed by atoms with Crippen LogP contribution < -0.4 is 10.6 Å². The molecule has 0 aromatic carbocycles. The van der Waals surface area contributed by atoms with Gasteiger partial charge >= 0.3 is 0 Å². The smallest absolute Gasteiger partial charge is 0.255 e. The highest BCUT2D eigenvalue weighted by Gasteiger charge is 2.27. The van der Waals surface area contributed by atoms with Crippen molar-refractivity contribution in [2.75, 3.05) is 11.9 Å². The van der Waals surface area contributed by atoms with Gasteiger partial charge in [-0.15, -0.1) is 0 Å². The van der Waals surface area contributed by atoms with Crippen LogP contribution in [0.5, 0.6) is 0 Å². The van der Waals surface area contributed by atoms with Crippen molar-refractivity contribution in [1.29, 1.82) is 5.26 Å². The zero-order valence-corrected chi connectivity index (χ0v) is 20.1. The van der Waals surface area contributed by atoms with Gasteiger partial charge in [-0.2, -0.15) is 10.4 Å². The van der Waals surface area contributed by atoms with Crippen LogP contribution in [0.1, 0.15) is 29.8 Å². The fourth-order valence-corrected chi connectivity index (χ4v) is 3.80. The summed E-state index contributed by atoms with van der Waals surface area (Å²) in [6.07, 6.45) is 6.55. The number of nitriles is 1. The van der Waals surface area contributed by atoms with Crippen LogP contribution in [0.4, 0.5) is 15.8 Å². The highest BCUT2D eigenvalue weighted by atomic mass is 19.1. The summed E-state index contributed by atoms with van der Waals surface area (Å²) in [5, 5.41) is 29.1. The standard InChI is InChI=1S/C26H23FN8O2/c1-26(2,37)23(27)15-31-25(36)19-14-30-21(22-4-3-18-9-16(12-28)13-32-35(18)22)11-20(19)33-17-5-7-34-8-6-29-24(34)10-17/h3-11,13-14,23,37H,15H2,1-2H3,(H,30,33)(H,31,36)/t23-/m1/s1. The lowest BCUT2D eigenvalue weighted by Gasteiger charge is -2.22. The van der Waals surface area contributed by atoms with Gasteiger partial charge in [0.15, 0.2) is 0 Å². The summed E-state index contributed by atoms with van der Waals surface area (Å²) in [6, 6.07) is 12.8. The highest BCUT2D eigenvalue weighted by Crippen LogP contribution is 2.28. The third-order valence-electron chi connectivity index (χ3n) is 5.93. The Kier molecular flexibility index (Phi) is 6.02. The van der Waals surface area contributed by atoms with Crippen molar-refractivity contribution in [3.05, 3.63) is 78.5 Å². The molecule has 0 fully saturated rings. The van der Waals surface area contributed by atoms with Gasteiger partial charge in [-0.25, -0.2) is 13.9 Å². The fraction of sp³-hybridized carbons (Fsp3) is 0.192. The number of carbonyl (C=O) groups excluding carboxylic acids is 1. The normalized spacial score (nSPS) is 12.4. The minimum absolute atomic E-state index is 0.190. The number of pyridine rings is 2. The van der Waals surface area contributed by atoms with Gasteiger partial charge in [-0.1, -0.05) is 0 Å². The van der Waals surface area contributed by atoms with E-state index < -0.39 is 17.7 Å². The molecule has 5 heterocycles. The molecule has 1 amide bonds. The quantitative estimate of drug-likeness (QED) is 0.313. The lowest BCUT2D eigenvalue weighted by atomic mass is 10.0. The largest absolute Gasteiger partial charge is 0.387 e. The second kappa shape index (κ2) is 9.33. The van der Waals surface area contributed by atoms with E-state index in [9.17, 15) is 14.3 Å². The summed E-state index contributed by atoms with van der Waals surface area (Å²) in [4.78, 5) is 21.8. The van der Waals surface area contributed by atoms with Gasteiger partial charge in [0.25, 0.3) is 5.91 Å². The molecule has 0 radical (unpaired) electrons. The van der Waals surface area contributed by atoms with Crippen LogP contribution in [-0.4, -0.2) is 53.3 Å². The maximum absolute atomic E-state index is 14.3. The number of nitrogens with zero attached hydrogens (tertiary/aromatic N) is 6. The zero-order chi connectivity index (χ0) is 26.2. The van der Waals surface area contributed by atoms with Crippen LogP contribution >= 0.6 is 0 Å². The van der Waals surface area contributed by atoms with Crippen molar-refractivity contribution in [1.82, 2.24) is 29.3 Å². The van der Waals surface area contributed by atoms with Crippen molar-refractivity contribution in [3.63, 3.8) is 0 Å². The molecule has 11 heteroatoms. The van der Waals surface area contributed by atoms with E-state index in [1.54, 1.807) is 22.8 Å². The van der Waals surface area contributed by atoms with Crippen LogP contribution in [0.25, 0.3) is 22.6 Å². The average molecular weight is 499 g/mol. The van der Waals surface area contributed by atoms with E-state index in [-0.39, 0.29) is 12.1 Å². The topological polar surface area (TPSA) is 133 Å². The molecule has 5 aromatic rings. The van der Waals surface area contributed by atoms with Gasteiger partial charge in [0.05, 0.1) is 52.1 Å². The second-order valence-electron chi connectivity index (χ2n) is 9.09. The summed E-state index contributed by atoms with van der Waals surface area (Å²) in [7, 11) is 0. The van der Waals surface area contributed by atoms with Gasteiger partial charge in [-0.05, 0) is 44.2 Å². The van der Waals surface area contributed by atoms with E-state index in [4.69, 9.17) is 5.26 Å². The number of aromatic nitrogens is 5. The van der Waals surface area contributed by atoms with Gasteiger partial charge in [0.2, 0.25) is 0 Å². The van der Waals surface area contributed by atoms with E-state index in [0.29, 0.717) is 34.0 Å². The first-order chi connectivity index (χ1) is 17.7. The monoisotopic (exact) mass is 498 g/mol. The predicted octanol–water partition coefficient (Wildman–Crippen LogP) is 3.50. The first kappa shape index (κ1) is 23.9. The van der Waals surface area contributed by atoms with E-state index in [1.807, 2.05) is 41.1 Å². The Morgan fingerprint density at radius 3 is 2.81 bits per heavy atom. The molecular weight excluding hydrogens is 475 g/mol. The Balaban J connectivity index is 1.52. The van der Waals surface area contributed by atoms with E-state index >= 15 is 0 Å². The van der Waals surface area contributed by atoms with Gasteiger partial charge in [0, 0.05) is 36.5 Å². The molecule has 0 aliphatic heterocycles. The molecule has 0 aliphatic rings. The summed E-state index contributed by atoms with van der Waals surface area (Å²) in [6.45, 7) is 2.32. The molecule has 5 rings (SSSR count). The number of carbonyl (C=O) groups is 1. The SMILES string of the molecule is CC(C)(O)[C@H](F)CNC(=O)c1cnc(-c2ccc3cc(C#N)cnn23)cc1Nc1ccn2ccnc2c1.